The molecule has 2 aromatic rings. The molecule has 0 saturated carbocycles. The first kappa shape index (κ1) is 20.0. The van der Waals surface area contributed by atoms with Gasteiger partial charge >= 0.3 is 0 Å². The highest BCUT2D eigenvalue weighted by Crippen LogP contribution is 2.35. The molecule has 0 unspecified atom stereocenters. The van der Waals surface area contributed by atoms with Gasteiger partial charge in [-0.05, 0) is 35.6 Å². The summed E-state index contributed by atoms with van der Waals surface area (Å²) < 4.78 is 32.2. The first-order valence-electron chi connectivity index (χ1n) is 9.31. The van der Waals surface area contributed by atoms with Gasteiger partial charge in [-0.1, -0.05) is 12.1 Å². The summed E-state index contributed by atoms with van der Waals surface area (Å²) in [6.07, 6.45) is 2.86. The summed E-state index contributed by atoms with van der Waals surface area (Å²) in [4.78, 5) is 14.3. The molecule has 0 amide bonds. The molecule has 3 heterocycles. The summed E-state index contributed by atoms with van der Waals surface area (Å²) in [5.74, 6) is 0. The molecule has 1 aromatic heterocycles. The second-order valence-corrected chi connectivity index (χ2v) is 9.71. The second kappa shape index (κ2) is 8.23. The minimum absolute atomic E-state index is 0.0540. The number of thiophene rings is 1. The molecule has 29 heavy (non-hydrogen) atoms. The molecule has 1 saturated heterocycles. The van der Waals surface area contributed by atoms with Gasteiger partial charge in [0.05, 0.1) is 23.0 Å². The van der Waals surface area contributed by atoms with Crippen molar-refractivity contribution in [2.45, 2.75) is 11.3 Å². The average molecular weight is 436 g/mol. The fraction of sp³-hybridized carbons (Fsp3) is 0.368. The first-order valence-corrected chi connectivity index (χ1v) is 11.6. The highest BCUT2D eigenvalue weighted by molar-refractivity contribution is 7.89. The Morgan fingerprint density at radius 1 is 1.14 bits per heavy atom. The molecule has 2 aliphatic rings. The van der Waals surface area contributed by atoms with Crippen LogP contribution in [0.2, 0.25) is 0 Å². The fourth-order valence-corrected chi connectivity index (χ4v) is 5.81. The van der Waals surface area contributed by atoms with Crippen LogP contribution in [0.1, 0.15) is 11.3 Å². The average Bonchev–Trinajstić information content (AvgIpc) is 3.29. The van der Waals surface area contributed by atoms with Crippen molar-refractivity contribution >= 4 is 38.3 Å². The van der Waals surface area contributed by atoms with Crippen molar-refractivity contribution in [2.24, 2.45) is 0 Å². The summed E-state index contributed by atoms with van der Waals surface area (Å²) in [5, 5.41) is 13.7. The third-order valence-corrected chi connectivity index (χ3v) is 7.98. The highest BCUT2D eigenvalue weighted by Gasteiger charge is 2.30. The number of hydrogen-bond acceptors (Lipinski definition) is 7. The van der Waals surface area contributed by atoms with E-state index in [1.54, 1.807) is 17.4 Å². The lowest BCUT2D eigenvalue weighted by Gasteiger charge is -2.29. The van der Waals surface area contributed by atoms with Crippen molar-refractivity contribution in [3.05, 3.63) is 56.8 Å². The Bertz CT molecular complexity index is 1030. The summed E-state index contributed by atoms with van der Waals surface area (Å²) in [6, 6.07) is 8.27. The van der Waals surface area contributed by atoms with E-state index in [0.29, 0.717) is 32.0 Å². The molecule has 0 bridgehead atoms. The number of hydrogen-bond donors (Lipinski definition) is 0. The molecule has 10 heteroatoms. The van der Waals surface area contributed by atoms with Crippen LogP contribution in [0, 0.1) is 10.1 Å². The Hall–Kier alpha value is -2.27. The summed E-state index contributed by atoms with van der Waals surface area (Å²) in [7, 11) is -3.78. The first-order chi connectivity index (χ1) is 14.0. The van der Waals surface area contributed by atoms with Crippen LogP contribution < -0.4 is 4.90 Å². The van der Waals surface area contributed by atoms with Gasteiger partial charge in [0.1, 0.15) is 5.69 Å². The van der Waals surface area contributed by atoms with Crippen LogP contribution in [-0.2, 0) is 14.8 Å². The monoisotopic (exact) mass is 435 g/mol. The van der Waals surface area contributed by atoms with Crippen LogP contribution in [0.3, 0.4) is 0 Å². The molecule has 0 N–H and O–H groups in total. The van der Waals surface area contributed by atoms with Crippen LogP contribution in [0.4, 0.5) is 11.4 Å². The van der Waals surface area contributed by atoms with E-state index < -0.39 is 14.9 Å². The van der Waals surface area contributed by atoms with Crippen LogP contribution in [0.5, 0.6) is 0 Å². The van der Waals surface area contributed by atoms with E-state index in [1.165, 1.54) is 26.9 Å². The van der Waals surface area contributed by atoms with Gasteiger partial charge in [0.15, 0.2) is 0 Å². The van der Waals surface area contributed by atoms with Crippen molar-refractivity contribution in [1.29, 1.82) is 0 Å². The van der Waals surface area contributed by atoms with Crippen LogP contribution in [-0.4, -0.2) is 57.0 Å². The molecule has 0 aliphatic carbocycles. The Balaban J connectivity index is 1.61. The van der Waals surface area contributed by atoms with Crippen LogP contribution in [0.15, 0.2) is 46.7 Å². The minimum Gasteiger partial charge on any atom is -0.379 e. The lowest BCUT2D eigenvalue weighted by Crippen LogP contribution is -2.40. The maximum absolute atomic E-state index is 12.8. The summed E-state index contributed by atoms with van der Waals surface area (Å²) in [5.41, 5.74) is 1.50. The molecule has 0 spiro atoms. The summed E-state index contributed by atoms with van der Waals surface area (Å²) in [6.45, 7) is 2.34. The zero-order valence-electron chi connectivity index (χ0n) is 15.7. The molecular formula is C19H21N3O5S2. The van der Waals surface area contributed by atoms with Crippen LogP contribution >= 0.6 is 11.3 Å². The van der Waals surface area contributed by atoms with Crippen molar-refractivity contribution in [1.82, 2.24) is 4.31 Å². The van der Waals surface area contributed by atoms with E-state index in [2.05, 4.69) is 12.1 Å². The Kier molecular flexibility index (Phi) is 5.68. The normalized spacial score (nSPS) is 18.5. The third-order valence-electron chi connectivity index (χ3n) is 5.14. The predicted molar refractivity (Wildman–Crippen MR) is 112 cm³/mol. The van der Waals surface area contributed by atoms with E-state index in [-0.39, 0.29) is 23.7 Å². The number of nitro benzene ring substituents is 1. The minimum atomic E-state index is -3.78. The number of nitrogens with zero attached hydrogens (tertiary/aromatic N) is 3. The van der Waals surface area contributed by atoms with Gasteiger partial charge in [0.2, 0.25) is 10.0 Å². The maximum Gasteiger partial charge on any atom is 0.293 e. The van der Waals surface area contributed by atoms with Gasteiger partial charge in [-0.25, -0.2) is 8.42 Å². The molecule has 4 rings (SSSR count). The number of morpholine rings is 1. The molecule has 154 valence electrons. The van der Waals surface area contributed by atoms with E-state index in [1.807, 2.05) is 16.3 Å². The number of rotatable bonds is 5. The molecular weight excluding hydrogens is 414 g/mol. The second-order valence-electron chi connectivity index (χ2n) is 6.83. The zero-order valence-corrected chi connectivity index (χ0v) is 17.3. The van der Waals surface area contributed by atoms with Gasteiger partial charge in [-0.2, -0.15) is 4.31 Å². The predicted octanol–water partition coefficient (Wildman–Crippen LogP) is 2.97. The summed E-state index contributed by atoms with van der Waals surface area (Å²) >= 11 is 1.68. The lowest BCUT2D eigenvalue weighted by atomic mass is 10.1. The zero-order chi connectivity index (χ0) is 20.4. The fourth-order valence-electron chi connectivity index (χ4n) is 3.59. The number of sulfonamides is 1. The smallest absolute Gasteiger partial charge is 0.293 e. The molecule has 0 atom stereocenters. The largest absolute Gasteiger partial charge is 0.379 e. The maximum atomic E-state index is 12.8. The van der Waals surface area contributed by atoms with E-state index in [4.69, 9.17) is 4.74 Å². The number of nitro groups is 1. The van der Waals surface area contributed by atoms with Crippen molar-refractivity contribution in [2.75, 3.05) is 44.3 Å². The quantitative estimate of drug-likeness (QED) is 0.530. The number of anilines is 1. The Morgan fingerprint density at radius 2 is 1.93 bits per heavy atom. The molecule has 1 aromatic carbocycles. The SMILES string of the molecule is O=[N+]([O-])c1cc(S(=O)(=O)N2CCOCC2)ccc1N1CC=C(c2cccs2)CC1. The van der Waals surface area contributed by atoms with Gasteiger partial charge in [0.25, 0.3) is 5.69 Å². The Labute approximate surface area is 173 Å². The van der Waals surface area contributed by atoms with Gasteiger partial charge < -0.3 is 9.64 Å². The van der Waals surface area contributed by atoms with Gasteiger partial charge in [-0.15, -0.1) is 11.3 Å². The number of benzene rings is 1. The van der Waals surface area contributed by atoms with Gasteiger partial charge in [-0.3, -0.25) is 10.1 Å². The van der Waals surface area contributed by atoms with Gasteiger partial charge in [0, 0.05) is 37.1 Å². The van der Waals surface area contributed by atoms with E-state index in [0.717, 1.165) is 6.42 Å². The standard InChI is InChI=1S/C19H21N3O5S2/c23-22(24)18-14-16(29(25,26)21-9-11-27-12-10-21)3-4-17(18)20-7-5-15(6-8-20)19-2-1-13-28-19/h1-5,13-14H,6-12H2. The highest BCUT2D eigenvalue weighted by atomic mass is 32.2. The molecule has 8 nitrogen and oxygen atoms in total. The van der Waals surface area contributed by atoms with E-state index in [9.17, 15) is 18.5 Å². The lowest BCUT2D eigenvalue weighted by molar-refractivity contribution is -0.384. The Morgan fingerprint density at radius 3 is 2.55 bits per heavy atom. The molecule has 0 radical (unpaired) electrons. The van der Waals surface area contributed by atoms with Crippen molar-refractivity contribution < 1.29 is 18.1 Å². The molecule has 1 fully saturated rings. The van der Waals surface area contributed by atoms with Crippen molar-refractivity contribution in [3.8, 4) is 0 Å². The number of ether oxygens (including phenoxy) is 1. The van der Waals surface area contributed by atoms with E-state index >= 15 is 0 Å². The molecule has 2 aliphatic heterocycles. The van der Waals surface area contributed by atoms with Crippen LogP contribution in [0.25, 0.3) is 5.57 Å². The third kappa shape index (κ3) is 4.06. The van der Waals surface area contributed by atoms with Crippen molar-refractivity contribution in [3.63, 3.8) is 0 Å². The topological polar surface area (TPSA) is 93.0 Å².